The lowest BCUT2D eigenvalue weighted by molar-refractivity contribution is -0.139. The van der Waals surface area contributed by atoms with E-state index in [0.29, 0.717) is 6.54 Å². The fourth-order valence-electron chi connectivity index (χ4n) is 3.04. The summed E-state index contributed by atoms with van der Waals surface area (Å²) in [6.45, 7) is 3.12. The molecule has 1 N–H and O–H groups in total. The van der Waals surface area contributed by atoms with Crippen LogP contribution >= 0.6 is 0 Å². The van der Waals surface area contributed by atoms with Crippen molar-refractivity contribution in [2.45, 2.75) is 25.9 Å². The second-order valence-corrected chi connectivity index (χ2v) is 5.95. The first-order valence-corrected chi connectivity index (χ1v) is 7.60. The Hall–Kier alpha value is -1.87. The number of amides is 1. The zero-order valence-electron chi connectivity index (χ0n) is 12.3. The topological polar surface area (TPSA) is 40.5 Å². The predicted molar refractivity (Wildman–Crippen MR) is 83.9 cm³/mol. The van der Waals surface area contributed by atoms with E-state index < -0.39 is 6.10 Å². The van der Waals surface area contributed by atoms with Crippen molar-refractivity contribution in [3.63, 3.8) is 0 Å². The number of fused-ring (bicyclic) bond motifs is 1. The largest absolute Gasteiger partial charge is 0.387 e. The van der Waals surface area contributed by atoms with Crippen LogP contribution in [0.3, 0.4) is 0 Å². The van der Waals surface area contributed by atoms with Crippen LogP contribution in [-0.2, 0) is 4.79 Å². The molecule has 1 heterocycles. The lowest BCUT2D eigenvalue weighted by Gasteiger charge is -2.32. The number of likely N-dealkylation sites (tertiary alicyclic amines) is 1. The van der Waals surface area contributed by atoms with Gasteiger partial charge in [0, 0.05) is 12.5 Å². The summed E-state index contributed by atoms with van der Waals surface area (Å²) in [5.74, 6) is 0.253. The highest BCUT2D eigenvalue weighted by atomic mass is 16.3. The van der Waals surface area contributed by atoms with E-state index in [-0.39, 0.29) is 11.8 Å². The van der Waals surface area contributed by atoms with Gasteiger partial charge in [-0.15, -0.1) is 0 Å². The minimum absolute atomic E-state index is 0.0857. The Kier molecular flexibility index (Phi) is 3.93. The first kappa shape index (κ1) is 14.1. The highest BCUT2D eigenvalue weighted by molar-refractivity contribution is 5.83. The molecule has 0 bridgehead atoms. The summed E-state index contributed by atoms with van der Waals surface area (Å²) in [6, 6.07) is 14.1. The van der Waals surface area contributed by atoms with Crippen LogP contribution in [0.5, 0.6) is 0 Å². The van der Waals surface area contributed by atoms with Crippen molar-refractivity contribution >= 4 is 16.7 Å². The van der Waals surface area contributed by atoms with Crippen molar-refractivity contribution in [2.75, 3.05) is 13.1 Å². The molecule has 1 aliphatic heterocycles. The van der Waals surface area contributed by atoms with E-state index in [2.05, 4.69) is 6.07 Å². The molecule has 110 valence electrons. The van der Waals surface area contributed by atoms with Crippen molar-refractivity contribution in [2.24, 2.45) is 5.92 Å². The van der Waals surface area contributed by atoms with Gasteiger partial charge in [-0.3, -0.25) is 4.79 Å². The van der Waals surface area contributed by atoms with Gasteiger partial charge in [-0.05, 0) is 35.2 Å². The smallest absolute Gasteiger partial charge is 0.225 e. The molecule has 0 aromatic heterocycles. The third-order valence-electron chi connectivity index (χ3n) is 4.35. The Bertz CT molecular complexity index is 652. The number of rotatable bonds is 3. The van der Waals surface area contributed by atoms with Crippen molar-refractivity contribution in [1.29, 1.82) is 0 Å². The highest BCUT2D eigenvalue weighted by Crippen LogP contribution is 2.24. The highest BCUT2D eigenvalue weighted by Gasteiger charge is 2.26. The molecule has 1 saturated heterocycles. The van der Waals surface area contributed by atoms with Gasteiger partial charge < -0.3 is 10.0 Å². The average molecular weight is 283 g/mol. The maximum absolute atomic E-state index is 12.1. The van der Waals surface area contributed by atoms with Gasteiger partial charge in [0.2, 0.25) is 5.91 Å². The molecule has 3 heteroatoms. The monoisotopic (exact) mass is 283 g/mol. The first-order chi connectivity index (χ1) is 10.1. The summed E-state index contributed by atoms with van der Waals surface area (Å²) in [4.78, 5) is 13.9. The molecule has 2 atom stereocenters. The zero-order valence-corrected chi connectivity index (χ0v) is 12.3. The predicted octanol–water partition coefficient (Wildman–Crippen LogP) is 3.13. The number of benzene rings is 2. The number of aliphatic hydroxyl groups excluding tert-OH is 1. The van der Waals surface area contributed by atoms with Crippen molar-refractivity contribution in [3.8, 4) is 0 Å². The second-order valence-electron chi connectivity index (χ2n) is 5.95. The standard InChI is InChI=1S/C18H21NO2/c1-13-5-4-10-19(18(13)21)12-17(20)16-9-8-14-6-2-3-7-15(14)11-16/h2-3,6-9,11,13,17,20H,4-5,10,12H2,1H3. The van der Waals surface area contributed by atoms with E-state index in [1.165, 1.54) is 0 Å². The molecule has 2 aromatic rings. The molecule has 0 radical (unpaired) electrons. The van der Waals surface area contributed by atoms with Crippen LogP contribution in [0, 0.1) is 5.92 Å². The van der Waals surface area contributed by atoms with Crippen LogP contribution in [0.4, 0.5) is 0 Å². The number of hydrogen-bond donors (Lipinski definition) is 1. The van der Waals surface area contributed by atoms with Crippen LogP contribution in [0.1, 0.15) is 31.4 Å². The summed E-state index contributed by atoms with van der Waals surface area (Å²) in [5.41, 5.74) is 0.875. The fraction of sp³-hybridized carbons (Fsp3) is 0.389. The average Bonchev–Trinajstić information content (AvgIpc) is 2.51. The molecule has 21 heavy (non-hydrogen) atoms. The molecule has 0 aliphatic carbocycles. The SMILES string of the molecule is CC1CCCN(CC(O)c2ccc3ccccc3c2)C1=O. The molecule has 1 fully saturated rings. The first-order valence-electron chi connectivity index (χ1n) is 7.60. The van der Waals surface area contributed by atoms with Crippen molar-refractivity contribution in [3.05, 3.63) is 48.0 Å². The number of piperidine rings is 1. The summed E-state index contributed by atoms with van der Waals surface area (Å²) >= 11 is 0. The number of aliphatic hydroxyl groups is 1. The van der Waals surface area contributed by atoms with Gasteiger partial charge in [0.1, 0.15) is 0 Å². The Morgan fingerprint density at radius 1 is 1.24 bits per heavy atom. The summed E-state index contributed by atoms with van der Waals surface area (Å²) in [6.07, 6.45) is 1.36. The van der Waals surface area contributed by atoms with Gasteiger partial charge in [-0.25, -0.2) is 0 Å². The third-order valence-corrected chi connectivity index (χ3v) is 4.35. The second kappa shape index (κ2) is 5.86. The minimum atomic E-state index is -0.621. The number of carbonyl (C=O) groups is 1. The maximum atomic E-state index is 12.1. The van der Waals surface area contributed by atoms with Crippen molar-refractivity contribution < 1.29 is 9.90 Å². The number of β-amino-alcohol motifs (C(OH)–C–C–N with tert-alkyl or cyclic N) is 1. The maximum Gasteiger partial charge on any atom is 0.225 e. The molecule has 3 rings (SSSR count). The molecule has 1 aliphatic rings. The Labute approximate surface area is 125 Å². The Balaban J connectivity index is 1.77. The van der Waals surface area contributed by atoms with Crippen LogP contribution in [0.2, 0.25) is 0 Å². The van der Waals surface area contributed by atoms with E-state index in [0.717, 1.165) is 35.7 Å². The van der Waals surface area contributed by atoms with Gasteiger partial charge in [0.15, 0.2) is 0 Å². The normalized spacial score (nSPS) is 20.8. The van der Waals surface area contributed by atoms with E-state index in [1.54, 1.807) is 4.90 Å². The van der Waals surface area contributed by atoms with Gasteiger partial charge in [0.05, 0.1) is 12.6 Å². The van der Waals surface area contributed by atoms with Crippen LogP contribution < -0.4 is 0 Å². The molecule has 2 aromatic carbocycles. The molecule has 3 nitrogen and oxygen atoms in total. The lowest BCUT2D eigenvalue weighted by atomic mass is 9.97. The number of nitrogens with zero attached hydrogens (tertiary/aromatic N) is 1. The van der Waals surface area contributed by atoms with Gasteiger partial charge in [-0.1, -0.05) is 43.3 Å². The summed E-state index contributed by atoms with van der Waals surface area (Å²) < 4.78 is 0. The van der Waals surface area contributed by atoms with Crippen LogP contribution in [0.15, 0.2) is 42.5 Å². The lowest BCUT2D eigenvalue weighted by Crippen LogP contribution is -2.42. The molecular formula is C18H21NO2. The van der Waals surface area contributed by atoms with E-state index in [1.807, 2.05) is 43.3 Å². The van der Waals surface area contributed by atoms with Gasteiger partial charge >= 0.3 is 0 Å². The Morgan fingerprint density at radius 3 is 2.81 bits per heavy atom. The molecule has 0 saturated carbocycles. The van der Waals surface area contributed by atoms with E-state index in [4.69, 9.17) is 0 Å². The van der Waals surface area contributed by atoms with Crippen LogP contribution in [0.25, 0.3) is 10.8 Å². The third kappa shape index (κ3) is 2.93. The minimum Gasteiger partial charge on any atom is -0.387 e. The number of carbonyl (C=O) groups excluding carboxylic acids is 1. The quantitative estimate of drug-likeness (QED) is 0.940. The molecule has 1 amide bonds. The van der Waals surface area contributed by atoms with Gasteiger partial charge in [0.25, 0.3) is 0 Å². The molecular weight excluding hydrogens is 262 g/mol. The summed E-state index contributed by atoms with van der Waals surface area (Å²) in [5, 5.41) is 12.7. The van der Waals surface area contributed by atoms with Crippen molar-refractivity contribution in [1.82, 2.24) is 4.90 Å². The summed E-state index contributed by atoms with van der Waals surface area (Å²) in [7, 11) is 0. The zero-order chi connectivity index (χ0) is 14.8. The number of hydrogen-bond acceptors (Lipinski definition) is 2. The van der Waals surface area contributed by atoms with E-state index in [9.17, 15) is 9.90 Å². The Morgan fingerprint density at radius 2 is 2.00 bits per heavy atom. The fourth-order valence-corrected chi connectivity index (χ4v) is 3.04. The van der Waals surface area contributed by atoms with Crippen LogP contribution in [-0.4, -0.2) is 29.0 Å². The van der Waals surface area contributed by atoms with E-state index >= 15 is 0 Å². The molecule has 2 unspecified atom stereocenters. The van der Waals surface area contributed by atoms with Gasteiger partial charge in [-0.2, -0.15) is 0 Å². The molecule has 0 spiro atoms.